The standard InChI is InChI=1S/C15H33NO/c1-4-6-7-8-9-11-15(16-13-5-2)12-10-14-17-3/h15-16H,4-14H2,1-3H3. The lowest BCUT2D eigenvalue weighted by atomic mass is 10.0. The van der Waals surface area contributed by atoms with Gasteiger partial charge < -0.3 is 10.1 Å². The summed E-state index contributed by atoms with van der Waals surface area (Å²) in [5.74, 6) is 0. The minimum absolute atomic E-state index is 0.715. The highest BCUT2D eigenvalue weighted by Crippen LogP contribution is 2.10. The number of unbranched alkanes of at least 4 members (excludes halogenated alkanes) is 4. The Morgan fingerprint density at radius 2 is 1.59 bits per heavy atom. The second-order valence-corrected chi connectivity index (χ2v) is 4.99. The van der Waals surface area contributed by atoms with Crippen molar-refractivity contribution in [3.63, 3.8) is 0 Å². The molecule has 0 aromatic rings. The molecule has 104 valence electrons. The highest BCUT2D eigenvalue weighted by molar-refractivity contribution is 4.66. The molecule has 2 nitrogen and oxygen atoms in total. The Balaban J connectivity index is 3.53. The van der Waals surface area contributed by atoms with Crippen molar-refractivity contribution in [1.82, 2.24) is 5.32 Å². The number of rotatable bonds is 13. The van der Waals surface area contributed by atoms with Gasteiger partial charge in [0, 0.05) is 19.8 Å². The number of hydrogen-bond acceptors (Lipinski definition) is 2. The molecule has 2 heteroatoms. The van der Waals surface area contributed by atoms with Crippen LogP contribution < -0.4 is 5.32 Å². The van der Waals surface area contributed by atoms with Gasteiger partial charge in [-0.25, -0.2) is 0 Å². The monoisotopic (exact) mass is 243 g/mol. The number of nitrogens with one attached hydrogen (secondary N) is 1. The molecule has 0 fully saturated rings. The summed E-state index contributed by atoms with van der Waals surface area (Å²) in [6.45, 7) is 6.57. The van der Waals surface area contributed by atoms with E-state index in [-0.39, 0.29) is 0 Å². The topological polar surface area (TPSA) is 21.3 Å². The second-order valence-electron chi connectivity index (χ2n) is 4.99. The van der Waals surface area contributed by atoms with E-state index >= 15 is 0 Å². The minimum atomic E-state index is 0.715. The van der Waals surface area contributed by atoms with Crippen LogP contribution in [0.1, 0.15) is 71.6 Å². The quantitative estimate of drug-likeness (QED) is 0.491. The third-order valence-electron chi connectivity index (χ3n) is 3.24. The molecule has 0 spiro atoms. The Morgan fingerprint density at radius 1 is 0.882 bits per heavy atom. The summed E-state index contributed by atoms with van der Waals surface area (Å²) < 4.78 is 5.13. The van der Waals surface area contributed by atoms with Gasteiger partial charge in [0.2, 0.25) is 0 Å². The van der Waals surface area contributed by atoms with E-state index in [0.717, 1.165) is 13.2 Å². The Morgan fingerprint density at radius 3 is 2.24 bits per heavy atom. The molecule has 0 saturated heterocycles. The maximum Gasteiger partial charge on any atom is 0.0462 e. The fraction of sp³-hybridized carbons (Fsp3) is 1.00. The molecule has 0 bridgehead atoms. The van der Waals surface area contributed by atoms with Crippen molar-refractivity contribution in [2.45, 2.75) is 77.7 Å². The Bertz CT molecular complexity index is 139. The van der Waals surface area contributed by atoms with Crippen molar-refractivity contribution >= 4 is 0 Å². The SMILES string of the molecule is CCCCCCCC(CCCOC)NCCC. The number of hydrogen-bond donors (Lipinski definition) is 1. The molecule has 0 saturated carbocycles. The van der Waals surface area contributed by atoms with E-state index in [9.17, 15) is 0 Å². The third kappa shape index (κ3) is 12.2. The van der Waals surface area contributed by atoms with Crippen LogP contribution in [0.15, 0.2) is 0 Å². The molecule has 0 aliphatic heterocycles. The molecular weight excluding hydrogens is 210 g/mol. The van der Waals surface area contributed by atoms with E-state index in [1.54, 1.807) is 7.11 Å². The molecule has 1 atom stereocenters. The zero-order valence-corrected chi connectivity index (χ0v) is 12.3. The summed E-state index contributed by atoms with van der Waals surface area (Å²) in [4.78, 5) is 0. The second kappa shape index (κ2) is 14.0. The molecule has 17 heavy (non-hydrogen) atoms. The average molecular weight is 243 g/mol. The predicted octanol–water partition coefficient (Wildman–Crippen LogP) is 4.14. The van der Waals surface area contributed by atoms with E-state index in [4.69, 9.17) is 4.74 Å². The summed E-state index contributed by atoms with van der Waals surface area (Å²) in [6.07, 6.45) is 12.0. The van der Waals surface area contributed by atoms with Gasteiger partial charge in [-0.05, 0) is 32.2 Å². The molecule has 1 unspecified atom stereocenters. The first-order chi connectivity index (χ1) is 8.35. The van der Waals surface area contributed by atoms with Crippen LogP contribution in [-0.2, 0) is 4.74 Å². The Labute approximate surface area is 109 Å². The summed E-state index contributed by atoms with van der Waals surface area (Å²) in [6, 6.07) is 0.715. The number of ether oxygens (including phenoxy) is 1. The summed E-state index contributed by atoms with van der Waals surface area (Å²) in [5, 5.41) is 3.66. The minimum Gasteiger partial charge on any atom is -0.385 e. The van der Waals surface area contributed by atoms with Crippen molar-refractivity contribution in [1.29, 1.82) is 0 Å². The van der Waals surface area contributed by atoms with E-state index in [0.29, 0.717) is 6.04 Å². The molecule has 0 heterocycles. The maximum atomic E-state index is 5.13. The first kappa shape index (κ1) is 16.9. The van der Waals surface area contributed by atoms with Crippen LogP contribution in [-0.4, -0.2) is 26.3 Å². The van der Waals surface area contributed by atoms with Crippen LogP contribution in [0.3, 0.4) is 0 Å². The molecule has 1 N–H and O–H groups in total. The molecule has 0 amide bonds. The van der Waals surface area contributed by atoms with Crippen LogP contribution in [0.25, 0.3) is 0 Å². The van der Waals surface area contributed by atoms with Gasteiger partial charge in [-0.3, -0.25) is 0 Å². The van der Waals surface area contributed by atoms with Gasteiger partial charge in [-0.15, -0.1) is 0 Å². The van der Waals surface area contributed by atoms with Crippen LogP contribution in [0, 0.1) is 0 Å². The lowest BCUT2D eigenvalue weighted by Gasteiger charge is -2.18. The molecule has 0 radical (unpaired) electrons. The summed E-state index contributed by atoms with van der Waals surface area (Å²) in [7, 11) is 1.79. The lowest BCUT2D eigenvalue weighted by molar-refractivity contribution is 0.187. The van der Waals surface area contributed by atoms with E-state index in [1.807, 2.05) is 0 Å². The van der Waals surface area contributed by atoms with Gasteiger partial charge in [0.15, 0.2) is 0 Å². The summed E-state index contributed by atoms with van der Waals surface area (Å²) >= 11 is 0. The van der Waals surface area contributed by atoms with Gasteiger partial charge >= 0.3 is 0 Å². The van der Waals surface area contributed by atoms with Gasteiger partial charge in [-0.2, -0.15) is 0 Å². The van der Waals surface area contributed by atoms with Crippen LogP contribution in [0.5, 0.6) is 0 Å². The maximum absolute atomic E-state index is 5.13. The lowest BCUT2D eigenvalue weighted by Crippen LogP contribution is -2.30. The molecular formula is C15H33NO. The van der Waals surface area contributed by atoms with Crippen LogP contribution >= 0.6 is 0 Å². The largest absolute Gasteiger partial charge is 0.385 e. The normalized spacial score (nSPS) is 12.9. The Hall–Kier alpha value is -0.0800. The van der Waals surface area contributed by atoms with Crippen molar-refractivity contribution in [3.05, 3.63) is 0 Å². The highest BCUT2D eigenvalue weighted by atomic mass is 16.5. The van der Waals surface area contributed by atoms with E-state index < -0.39 is 0 Å². The molecule has 0 aliphatic carbocycles. The van der Waals surface area contributed by atoms with Crippen LogP contribution in [0.4, 0.5) is 0 Å². The van der Waals surface area contributed by atoms with E-state index in [1.165, 1.54) is 57.8 Å². The fourth-order valence-electron chi connectivity index (χ4n) is 2.17. The van der Waals surface area contributed by atoms with Gasteiger partial charge in [0.25, 0.3) is 0 Å². The molecule has 0 rings (SSSR count). The zero-order chi connectivity index (χ0) is 12.8. The first-order valence-electron chi connectivity index (χ1n) is 7.57. The van der Waals surface area contributed by atoms with Crippen molar-refractivity contribution in [2.75, 3.05) is 20.3 Å². The van der Waals surface area contributed by atoms with Gasteiger partial charge in [0.05, 0.1) is 0 Å². The van der Waals surface area contributed by atoms with Crippen molar-refractivity contribution in [3.8, 4) is 0 Å². The molecule has 0 aromatic carbocycles. The van der Waals surface area contributed by atoms with Crippen molar-refractivity contribution < 1.29 is 4.74 Å². The predicted molar refractivity (Wildman–Crippen MR) is 76.6 cm³/mol. The van der Waals surface area contributed by atoms with E-state index in [2.05, 4.69) is 19.2 Å². The average Bonchev–Trinajstić information content (AvgIpc) is 2.35. The van der Waals surface area contributed by atoms with Crippen molar-refractivity contribution in [2.24, 2.45) is 0 Å². The van der Waals surface area contributed by atoms with Gasteiger partial charge in [0.1, 0.15) is 0 Å². The molecule has 0 aliphatic rings. The first-order valence-corrected chi connectivity index (χ1v) is 7.57. The highest BCUT2D eigenvalue weighted by Gasteiger charge is 2.06. The molecule has 0 aromatic heterocycles. The smallest absolute Gasteiger partial charge is 0.0462 e. The number of methoxy groups -OCH3 is 1. The summed E-state index contributed by atoms with van der Waals surface area (Å²) in [5.41, 5.74) is 0. The third-order valence-corrected chi connectivity index (χ3v) is 3.24. The van der Waals surface area contributed by atoms with Gasteiger partial charge in [-0.1, -0.05) is 46.0 Å². The van der Waals surface area contributed by atoms with Crippen LogP contribution in [0.2, 0.25) is 0 Å². The Kier molecular flexibility index (Phi) is 13.9. The zero-order valence-electron chi connectivity index (χ0n) is 12.3. The fourth-order valence-corrected chi connectivity index (χ4v) is 2.17.